The molecule has 0 spiro atoms. The Labute approximate surface area is 111 Å². The third-order valence-electron chi connectivity index (χ3n) is 3.75. The van der Waals surface area contributed by atoms with E-state index in [-0.39, 0.29) is 24.0 Å². The smallest absolute Gasteiger partial charge is 0.322 e. The number of nitrogens with one attached hydrogen (secondary N) is 1. The van der Waals surface area contributed by atoms with E-state index in [2.05, 4.69) is 33.0 Å². The van der Waals surface area contributed by atoms with Crippen molar-refractivity contribution in [1.29, 1.82) is 0 Å². The van der Waals surface area contributed by atoms with Crippen molar-refractivity contribution < 1.29 is 14.6 Å². The van der Waals surface area contributed by atoms with E-state index in [9.17, 15) is 9.90 Å². The Hall–Kier alpha value is -0.610. The van der Waals surface area contributed by atoms with E-state index in [0.29, 0.717) is 12.5 Å². The monoisotopic (exact) mass is 259 g/mol. The van der Waals surface area contributed by atoms with Crippen LogP contribution in [-0.4, -0.2) is 37.4 Å². The van der Waals surface area contributed by atoms with Crippen LogP contribution < -0.4 is 5.32 Å². The average Bonchev–Trinajstić information content (AvgIpc) is 2.38. The molecule has 4 heteroatoms. The van der Waals surface area contributed by atoms with Gasteiger partial charge in [-0.05, 0) is 25.2 Å². The summed E-state index contributed by atoms with van der Waals surface area (Å²) < 4.78 is 4.82. The van der Waals surface area contributed by atoms with Gasteiger partial charge in [0.1, 0.15) is 6.04 Å². The highest BCUT2D eigenvalue weighted by atomic mass is 16.5. The summed E-state index contributed by atoms with van der Waals surface area (Å²) in [5, 5.41) is 12.8. The number of aliphatic hydroxyl groups is 1. The first-order valence-corrected chi connectivity index (χ1v) is 6.86. The van der Waals surface area contributed by atoms with Crippen molar-refractivity contribution in [2.75, 3.05) is 20.3 Å². The van der Waals surface area contributed by atoms with Gasteiger partial charge in [0.05, 0.1) is 7.11 Å². The zero-order chi connectivity index (χ0) is 14.2. The zero-order valence-electron chi connectivity index (χ0n) is 12.5. The molecule has 0 aliphatic carbocycles. The fraction of sp³-hybridized carbons (Fsp3) is 0.929. The van der Waals surface area contributed by atoms with Crippen LogP contribution in [0.3, 0.4) is 0 Å². The lowest BCUT2D eigenvalue weighted by Gasteiger charge is -2.31. The molecule has 18 heavy (non-hydrogen) atoms. The fourth-order valence-electron chi connectivity index (χ4n) is 2.00. The molecule has 0 saturated heterocycles. The quantitative estimate of drug-likeness (QED) is 0.622. The summed E-state index contributed by atoms with van der Waals surface area (Å²) in [6.07, 6.45) is 2.53. The van der Waals surface area contributed by atoms with Gasteiger partial charge in [-0.25, -0.2) is 0 Å². The van der Waals surface area contributed by atoms with Crippen LogP contribution in [0.2, 0.25) is 0 Å². The lowest BCUT2D eigenvalue weighted by atomic mass is 9.83. The van der Waals surface area contributed by atoms with Gasteiger partial charge in [0, 0.05) is 18.6 Å². The van der Waals surface area contributed by atoms with Crippen molar-refractivity contribution in [3.8, 4) is 0 Å². The van der Waals surface area contributed by atoms with Crippen molar-refractivity contribution in [3.63, 3.8) is 0 Å². The lowest BCUT2D eigenvalue weighted by Crippen LogP contribution is -2.45. The van der Waals surface area contributed by atoms with Crippen molar-refractivity contribution in [2.45, 2.75) is 53.0 Å². The highest BCUT2D eigenvalue weighted by Gasteiger charge is 2.28. The molecule has 4 nitrogen and oxygen atoms in total. The third kappa shape index (κ3) is 5.36. The molecular formula is C14H29NO3. The third-order valence-corrected chi connectivity index (χ3v) is 3.75. The van der Waals surface area contributed by atoms with E-state index < -0.39 is 0 Å². The van der Waals surface area contributed by atoms with Gasteiger partial charge in [-0.2, -0.15) is 0 Å². The molecule has 0 aliphatic heterocycles. The van der Waals surface area contributed by atoms with E-state index in [1.54, 1.807) is 0 Å². The Morgan fingerprint density at radius 2 is 1.89 bits per heavy atom. The molecule has 0 aliphatic rings. The van der Waals surface area contributed by atoms with Crippen LogP contribution in [0, 0.1) is 11.3 Å². The van der Waals surface area contributed by atoms with Gasteiger partial charge in [-0.15, -0.1) is 0 Å². The number of methoxy groups -OCH3 is 1. The summed E-state index contributed by atoms with van der Waals surface area (Å²) in [6, 6.07) is -0.279. The molecule has 2 N–H and O–H groups in total. The van der Waals surface area contributed by atoms with E-state index in [1.165, 1.54) is 7.11 Å². The van der Waals surface area contributed by atoms with Crippen LogP contribution in [-0.2, 0) is 9.53 Å². The molecule has 0 fully saturated rings. The molecule has 0 rings (SSSR count). The molecule has 0 bridgehead atoms. The SMILES string of the molecule is CCC(CC)(CO)CNC(CC(C)C)C(=O)OC. The topological polar surface area (TPSA) is 58.6 Å². The zero-order valence-corrected chi connectivity index (χ0v) is 12.5. The van der Waals surface area contributed by atoms with Crippen LogP contribution in [0.25, 0.3) is 0 Å². The van der Waals surface area contributed by atoms with Crippen LogP contribution >= 0.6 is 0 Å². The number of hydrogen-bond donors (Lipinski definition) is 2. The van der Waals surface area contributed by atoms with Crippen molar-refractivity contribution in [3.05, 3.63) is 0 Å². The molecule has 108 valence electrons. The second-order valence-electron chi connectivity index (χ2n) is 5.45. The van der Waals surface area contributed by atoms with E-state index >= 15 is 0 Å². The number of ether oxygens (including phenoxy) is 1. The van der Waals surface area contributed by atoms with Crippen LogP contribution in [0.5, 0.6) is 0 Å². The molecule has 0 aromatic heterocycles. The Balaban J connectivity index is 4.53. The minimum absolute atomic E-state index is 0.136. The van der Waals surface area contributed by atoms with Crippen LogP contribution in [0.15, 0.2) is 0 Å². The van der Waals surface area contributed by atoms with Crippen LogP contribution in [0.1, 0.15) is 47.0 Å². The van der Waals surface area contributed by atoms with Gasteiger partial charge in [-0.3, -0.25) is 4.79 Å². The second kappa shape index (κ2) is 8.48. The maximum atomic E-state index is 11.7. The summed E-state index contributed by atoms with van der Waals surface area (Å²) in [4.78, 5) is 11.7. The molecule has 1 unspecified atom stereocenters. The van der Waals surface area contributed by atoms with Crippen molar-refractivity contribution in [1.82, 2.24) is 5.32 Å². The van der Waals surface area contributed by atoms with Gasteiger partial charge in [0.2, 0.25) is 0 Å². The van der Waals surface area contributed by atoms with Gasteiger partial charge in [0.15, 0.2) is 0 Å². The first-order chi connectivity index (χ1) is 8.44. The maximum absolute atomic E-state index is 11.7. The molecule has 0 radical (unpaired) electrons. The summed E-state index contributed by atoms with van der Waals surface area (Å²) in [5.41, 5.74) is -0.136. The highest BCUT2D eigenvalue weighted by Crippen LogP contribution is 2.24. The summed E-state index contributed by atoms with van der Waals surface area (Å²) in [6.45, 7) is 9.08. The van der Waals surface area contributed by atoms with Crippen LogP contribution in [0.4, 0.5) is 0 Å². The van der Waals surface area contributed by atoms with E-state index in [4.69, 9.17) is 4.74 Å². The fourth-order valence-corrected chi connectivity index (χ4v) is 2.00. The normalized spacial score (nSPS) is 13.7. The summed E-state index contributed by atoms with van der Waals surface area (Å²) in [7, 11) is 1.41. The Morgan fingerprint density at radius 1 is 1.33 bits per heavy atom. The molecule has 0 aromatic carbocycles. The average molecular weight is 259 g/mol. The number of esters is 1. The van der Waals surface area contributed by atoms with Crippen molar-refractivity contribution >= 4 is 5.97 Å². The molecule has 0 heterocycles. The summed E-state index contributed by atoms with van der Waals surface area (Å²) in [5.74, 6) is 0.205. The van der Waals surface area contributed by atoms with Gasteiger partial charge < -0.3 is 15.2 Å². The molecule has 1 atom stereocenters. The molecule has 0 amide bonds. The molecular weight excluding hydrogens is 230 g/mol. The van der Waals surface area contributed by atoms with Crippen molar-refractivity contribution in [2.24, 2.45) is 11.3 Å². The number of hydrogen-bond acceptors (Lipinski definition) is 4. The highest BCUT2D eigenvalue weighted by molar-refractivity contribution is 5.75. The minimum Gasteiger partial charge on any atom is -0.468 e. The predicted molar refractivity (Wildman–Crippen MR) is 73.4 cm³/mol. The number of carbonyl (C=O) groups excluding carboxylic acids is 1. The Morgan fingerprint density at radius 3 is 2.22 bits per heavy atom. The standard InChI is InChI=1S/C14H29NO3/c1-6-14(7-2,10-16)9-15-12(8-11(3)4)13(17)18-5/h11-12,15-16H,6-10H2,1-5H3. The number of aliphatic hydroxyl groups excluding tert-OH is 1. The van der Waals surface area contributed by atoms with E-state index in [1.807, 2.05) is 0 Å². The largest absolute Gasteiger partial charge is 0.468 e. The maximum Gasteiger partial charge on any atom is 0.322 e. The second-order valence-corrected chi connectivity index (χ2v) is 5.45. The summed E-state index contributed by atoms with van der Waals surface area (Å²) >= 11 is 0. The lowest BCUT2D eigenvalue weighted by molar-refractivity contribution is -0.143. The minimum atomic E-state index is -0.279. The van der Waals surface area contributed by atoms with Gasteiger partial charge in [0.25, 0.3) is 0 Å². The Bertz CT molecular complexity index is 229. The van der Waals surface area contributed by atoms with Gasteiger partial charge >= 0.3 is 5.97 Å². The first kappa shape index (κ1) is 17.4. The van der Waals surface area contributed by atoms with E-state index in [0.717, 1.165) is 19.3 Å². The van der Waals surface area contributed by atoms with Gasteiger partial charge in [-0.1, -0.05) is 27.7 Å². The molecule has 0 aromatic rings. The first-order valence-electron chi connectivity index (χ1n) is 6.86. The number of carbonyl (C=O) groups is 1. The number of rotatable bonds is 9. The predicted octanol–water partition coefficient (Wildman–Crippen LogP) is 1.96. The molecule has 0 saturated carbocycles. The Kier molecular flexibility index (Phi) is 8.20.